The normalized spacial score (nSPS) is 17.8. The number of ether oxygens (including phenoxy) is 1. The van der Waals surface area contributed by atoms with Crippen LogP contribution in [0.4, 0.5) is 5.69 Å². The third-order valence-corrected chi connectivity index (χ3v) is 4.38. The summed E-state index contributed by atoms with van der Waals surface area (Å²) in [5.74, 6) is -0.0182. The fourth-order valence-electron chi connectivity index (χ4n) is 3.47. The van der Waals surface area contributed by atoms with E-state index in [0.717, 1.165) is 5.69 Å². The van der Waals surface area contributed by atoms with Gasteiger partial charge in [0.2, 0.25) is 0 Å². The van der Waals surface area contributed by atoms with E-state index < -0.39 is 0 Å². The summed E-state index contributed by atoms with van der Waals surface area (Å²) in [4.78, 5) is 14.7. The Bertz CT molecular complexity index is 614. The zero-order valence-corrected chi connectivity index (χ0v) is 14.7. The minimum atomic E-state index is -0.301. The molecule has 0 radical (unpaired) electrons. The number of fused-ring (bicyclic) bond motifs is 1. The molecular formula is C19H27NO2. The minimum Gasteiger partial charge on any atom is -0.467 e. The molecule has 0 aliphatic carbocycles. The molecule has 2 rings (SSSR count). The van der Waals surface area contributed by atoms with E-state index in [1.165, 1.54) is 23.8 Å². The van der Waals surface area contributed by atoms with Gasteiger partial charge in [-0.25, -0.2) is 4.79 Å². The molecule has 3 nitrogen and oxygen atoms in total. The standard InChI is InChI=1S/C19H27NO2/c1-12(2)17(18(21)22-7)20-16-10-13(3)8-9-15(16)14(4)11-19(20,5)6/h8-12,17H,1-7H3. The highest BCUT2D eigenvalue weighted by Crippen LogP contribution is 2.41. The highest BCUT2D eigenvalue weighted by molar-refractivity contribution is 5.87. The predicted molar refractivity (Wildman–Crippen MR) is 92.0 cm³/mol. The van der Waals surface area contributed by atoms with Gasteiger partial charge >= 0.3 is 5.97 Å². The van der Waals surface area contributed by atoms with Crippen molar-refractivity contribution in [2.45, 2.75) is 53.1 Å². The molecule has 0 amide bonds. The van der Waals surface area contributed by atoms with Gasteiger partial charge in [0.05, 0.1) is 12.6 Å². The Labute approximate surface area is 134 Å². The largest absolute Gasteiger partial charge is 0.467 e. The van der Waals surface area contributed by atoms with E-state index in [-0.39, 0.29) is 23.5 Å². The SMILES string of the molecule is COC(=O)C(C(C)C)N1c2cc(C)ccc2C(C)=CC1(C)C. The number of aryl methyl sites for hydroxylation is 1. The van der Waals surface area contributed by atoms with Gasteiger partial charge in [0.1, 0.15) is 6.04 Å². The number of rotatable bonds is 3. The Morgan fingerprint density at radius 3 is 2.41 bits per heavy atom. The first-order chi connectivity index (χ1) is 10.2. The van der Waals surface area contributed by atoms with Crippen LogP contribution in [0.25, 0.3) is 5.57 Å². The van der Waals surface area contributed by atoms with Crippen LogP contribution in [-0.4, -0.2) is 24.7 Å². The number of carbonyl (C=O) groups excluding carboxylic acids is 1. The molecule has 0 spiro atoms. The van der Waals surface area contributed by atoms with Gasteiger partial charge in [0.25, 0.3) is 0 Å². The second-order valence-electron chi connectivity index (χ2n) is 7.08. The third kappa shape index (κ3) is 2.77. The van der Waals surface area contributed by atoms with Crippen molar-refractivity contribution >= 4 is 17.2 Å². The fourth-order valence-corrected chi connectivity index (χ4v) is 3.47. The van der Waals surface area contributed by atoms with Gasteiger partial charge in [-0.05, 0) is 50.8 Å². The molecule has 0 bridgehead atoms. The fraction of sp³-hybridized carbons (Fsp3) is 0.526. The van der Waals surface area contributed by atoms with Crippen molar-refractivity contribution in [1.82, 2.24) is 0 Å². The van der Waals surface area contributed by atoms with Crippen molar-refractivity contribution in [3.63, 3.8) is 0 Å². The third-order valence-electron chi connectivity index (χ3n) is 4.38. The summed E-state index contributed by atoms with van der Waals surface area (Å²) in [6.07, 6.45) is 2.24. The van der Waals surface area contributed by atoms with Crippen LogP contribution in [0.1, 0.15) is 45.7 Å². The lowest BCUT2D eigenvalue weighted by Crippen LogP contribution is -2.56. The molecule has 1 heterocycles. The molecule has 1 aliphatic rings. The molecule has 1 aromatic carbocycles. The molecule has 1 aliphatic heterocycles. The highest BCUT2D eigenvalue weighted by atomic mass is 16.5. The van der Waals surface area contributed by atoms with Gasteiger partial charge in [-0.15, -0.1) is 0 Å². The Morgan fingerprint density at radius 2 is 1.86 bits per heavy atom. The Hall–Kier alpha value is -1.77. The van der Waals surface area contributed by atoms with Crippen LogP contribution >= 0.6 is 0 Å². The molecule has 0 saturated carbocycles. The van der Waals surface area contributed by atoms with Crippen molar-refractivity contribution in [3.05, 3.63) is 35.4 Å². The Morgan fingerprint density at radius 1 is 1.23 bits per heavy atom. The van der Waals surface area contributed by atoms with E-state index in [1.54, 1.807) is 0 Å². The maximum Gasteiger partial charge on any atom is 0.328 e. The first kappa shape index (κ1) is 16.6. The number of benzene rings is 1. The van der Waals surface area contributed by atoms with Crippen molar-refractivity contribution in [1.29, 1.82) is 0 Å². The van der Waals surface area contributed by atoms with Crippen molar-refractivity contribution in [2.75, 3.05) is 12.0 Å². The number of carbonyl (C=O) groups is 1. The van der Waals surface area contributed by atoms with Gasteiger partial charge in [0.15, 0.2) is 0 Å². The number of anilines is 1. The van der Waals surface area contributed by atoms with Gasteiger partial charge in [-0.3, -0.25) is 0 Å². The van der Waals surface area contributed by atoms with Gasteiger partial charge < -0.3 is 9.64 Å². The number of hydrogen-bond donors (Lipinski definition) is 0. The van der Waals surface area contributed by atoms with E-state index in [2.05, 4.69) is 70.7 Å². The summed E-state index contributed by atoms with van der Waals surface area (Å²) in [5.41, 5.74) is 4.52. The second-order valence-corrected chi connectivity index (χ2v) is 7.08. The zero-order valence-electron chi connectivity index (χ0n) is 14.7. The van der Waals surface area contributed by atoms with Crippen LogP contribution in [0.2, 0.25) is 0 Å². The van der Waals surface area contributed by atoms with Crippen molar-refractivity contribution in [3.8, 4) is 0 Å². The van der Waals surface area contributed by atoms with Crippen LogP contribution in [0, 0.1) is 12.8 Å². The number of esters is 1. The van der Waals surface area contributed by atoms with Gasteiger partial charge in [-0.1, -0.05) is 32.1 Å². The van der Waals surface area contributed by atoms with E-state index in [1.807, 2.05) is 0 Å². The van der Waals surface area contributed by atoms with Crippen molar-refractivity contribution in [2.24, 2.45) is 5.92 Å². The summed E-state index contributed by atoms with van der Waals surface area (Å²) in [6, 6.07) is 6.14. The molecule has 3 heteroatoms. The van der Waals surface area contributed by atoms with Crippen LogP contribution in [0.5, 0.6) is 0 Å². The Kier molecular flexibility index (Phi) is 4.37. The quantitative estimate of drug-likeness (QED) is 0.784. The average Bonchev–Trinajstić information content (AvgIpc) is 2.41. The molecule has 0 fully saturated rings. The maximum absolute atomic E-state index is 12.4. The number of hydrogen-bond acceptors (Lipinski definition) is 3. The lowest BCUT2D eigenvalue weighted by Gasteiger charge is -2.48. The monoisotopic (exact) mass is 301 g/mol. The van der Waals surface area contributed by atoms with E-state index in [0.29, 0.717) is 0 Å². The molecule has 120 valence electrons. The number of methoxy groups -OCH3 is 1. The molecule has 22 heavy (non-hydrogen) atoms. The van der Waals surface area contributed by atoms with Crippen LogP contribution in [-0.2, 0) is 9.53 Å². The first-order valence-corrected chi connectivity index (χ1v) is 7.86. The van der Waals surface area contributed by atoms with Crippen LogP contribution < -0.4 is 4.90 Å². The smallest absolute Gasteiger partial charge is 0.328 e. The molecule has 1 aromatic rings. The molecule has 0 N–H and O–H groups in total. The maximum atomic E-state index is 12.4. The minimum absolute atomic E-state index is 0.159. The van der Waals surface area contributed by atoms with Crippen LogP contribution in [0.15, 0.2) is 24.3 Å². The molecule has 0 saturated heterocycles. The zero-order chi connectivity index (χ0) is 16.7. The van der Waals surface area contributed by atoms with E-state index >= 15 is 0 Å². The van der Waals surface area contributed by atoms with Gasteiger partial charge in [-0.2, -0.15) is 0 Å². The molecular weight excluding hydrogens is 274 g/mol. The molecule has 1 atom stereocenters. The van der Waals surface area contributed by atoms with Crippen molar-refractivity contribution < 1.29 is 9.53 Å². The summed E-state index contributed by atoms with van der Waals surface area (Å²) >= 11 is 0. The highest BCUT2D eigenvalue weighted by Gasteiger charge is 2.41. The second kappa shape index (κ2) is 5.79. The van der Waals surface area contributed by atoms with Gasteiger partial charge in [0, 0.05) is 11.3 Å². The lowest BCUT2D eigenvalue weighted by molar-refractivity contribution is -0.143. The Balaban J connectivity index is 2.67. The molecule has 1 unspecified atom stereocenters. The lowest BCUT2D eigenvalue weighted by atomic mass is 9.85. The van der Waals surface area contributed by atoms with E-state index in [4.69, 9.17) is 4.74 Å². The number of allylic oxidation sites excluding steroid dienone is 1. The van der Waals surface area contributed by atoms with E-state index in [9.17, 15) is 4.79 Å². The van der Waals surface area contributed by atoms with Crippen LogP contribution in [0.3, 0.4) is 0 Å². The summed E-state index contributed by atoms with van der Waals surface area (Å²) < 4.78 is 5.09. The summed E-state index contributed by atoms with van der Waals surface area (Å²) in [7, 11) is 1.47. The molecule has 0 aromatic heterocycles. The topological polar surface area (TPSA) is 29.5 Å². The average molecular weight is 301 g/mol. The summed E-state index contributed by atoms with van der Waals surface area (Å²) in [6.45, 7) is 12.7. The number of nitrogens with zero attached hydrogens (tertiary/aromatic N) is 1. The summed E-state index contributed by atoms with van der Waals surface area (Å²) in [5, 5.41) is 0. The predicted octanol–water partition coefficient (Wildman–Crippen LogP) is 4.19. The first-order valence-electron chi connectivity index (χ1n) is 7.86.